The Bertz CT molecular complexity index is 1260. The number of carboxylic acid groups (broad SMARTS) is 1. The fourth-order valence-electron chi connectivity index (χ4n) is 4.18. The van der Waals surface area contributed by atoms with Crippen molar-refractivity contribution in [2.45, 2.75) is 45.6 Å². The Morgan fingerprint density at radius 2 is 1.89 bits per heavy atom. The lowest BCUT2D eigenvalue weighted by atomic mass is 9.94. The van der Waals surface area contributed by atoms with Crippen molar-refractivity contribution in [3.63, 3.8) is 0 Å². The van der Waals surface area contributed by atoms with E-state index in [0.717, 1.165) is 24.1 Å². The molecule has 0 spiro atoms. The molecule has 9 heteroatoms. The van der Waals surface area contributed by atoms with Gasteiger partial charge in [0.1, 0.15) is 5.65 Å². The molecular weight excluding hydrogens is 489 g/mol. The first-order chi connectivity index (χ1) is 16.7. The van der Waals surface area contributed by atoms with Gasteiger partial charge in [-0.1, -0.05) is 30.1 Å². The van der Waals surface area contributed by atoms with Crippen molar-refractivity contribution in [2.24, 2.45) is 13.0 Å². The maximum atomic E-state index is 13.3. The first-order valence-corrected chi connectivity index (χ1v) is 12.1. The van der Waals surface area contributed by atoms with Crippen LogP contribution in [0.2, 0.25) is 10.0 Å². The number of rotatable bonds is 12. The molecule has 7 nitrogen and oxygen atoms in total. The molecule has 1 aromatic carbocycles. The minimum Gasteiger partial charge on any atom is -0.481 e. The molecule has 184 valence electrons. The van der Waals surface area contributed by atoms with Gasteiger partial charge < -0.3 is 14.4 Å². The zero-order valence-electron chi connectivity index (χ0n) is 19.7. The summed E-state index contributed by atoms with van der Waals surface area (Å²) in [7, 11) is 1.86. The normalized spacial score (nSPS) is 12.0. The highest BCUT2D eigenvalue weighted by molar-refractivity contribution is 6.34. The van der Waals surface area contributed by atoms with Gasteiger partial charge in [0.2, 0.25) is 5.69 Å². The molecular formula is C26H27Cl2N3O4. The topological polar surface area (TPSA) is 85.8 Å². The number of carbonyl (C=O) groups excluding carboxylic acids is 1. The third-order valence-corrected chi connectivity index (χ3v) is 6.18. The summed E-state index contributed by atoms with van der Waals surface area (Å²) in [4.78, 5) is 32.2. The number of carbonyl (C=O) groups is 2. The van der Waals surface area contributed by atoms with Crippen LogP contribution in [-0.4, -0.2) is 33.0 Å². The van der Waals surface area contributed by atoms with Crippen molar-refractivity contribution >= 4 is 51.7 Å². The zero-order valence-corrected chi connectivity index (χ0v) is 21.2. The van der Waals surface area contributed by atoms with Crippen molar-refractivity contribution in [3.8, 4) is 0 Å². The summed E-state index contributed by atoms with van der Waals surface area (Å²) in [5.74, 6) is -1.36. The van der Waals surface area contributed by atoms with E-state index in [0.29, 0.717) is 52.0 Å². The van der Waals surface area contributed by atoms with Crippen LogP contribution in [0.15, 0.2) is 30.5 Å². The van der Waals surface area contributed by atoms with Gasteiger partial charge in [0, 0.05) is 59.4 Å². The van der Waals surface area contributed by atoms with Crippen molar-refractivity contribution in [3.05, 3.63) is 68.7 Å². The van der Waals surface area contributed by atoms with Gasteiger partial charge in [-0.05, 0) is 55.0 Å². The number of ketones is 1. The van der Waals surface area contributed by atoms with E-state index in [9.17, 15) is 9.59 Å². The Hall–Kier alpha value is -2.92. The summed E-state index contributed by atoms with van der Waals surface area (Å²) in [6.45, 7) is 10.0. The number of unbranched alkanes of at least 4 members (excludes halogenated alkanes) is 1. The molecule has 35 heavy (non-hydrogen) atoms. The van der Waals surface area contributed by atoms with E-state index in [1.54, 1.807) is 19.1 Å². The van der Waals surface area contributed by atoms with Crippen LogP contribution in [0.1, 0.15) is 54.2 Å². The molecule has 0 aliphatic carbocycles. The second kappa shape index (κ2) is 12.2. The van der Waals surface area contributed by atoms with Crippen LogP contribution < -0.4 is 0 Å². The lowest BCUT2D eigenvalue weighted by molar-refractivity contribution is -0.137. The summed E-state index contributed by atoms with van der Waals surface area (Å²) >= 11 is 12.0. The third kappa shape index (κ3) is 7.04. The summed E-state index contributed by atoms with van der Waals surface area (Å²) < 4.78 is 7.66. The minimum atomic E-state index is -0.930. The van der Waals surface area contributed by atoms with Crippen LogP contribution in [0, 0.1) is 12.5 Å². The molecule has 3 aromatic rings. The lowest BCUT2D eigenvalue weighted by Gasteiger charge is -2.11. The number of aryl methyl sites for hydroxylation is 1. The second-order valence-electron chi connectivity index (χ2n) is 8.67. The molecule has 3 rings (SSSR count). The van der Waals surface area contributed by atoms with Crippen molar-refractivity contribution < 1.29 is 19.4 Å². The van der Waals surface area contributed by atoms with Gasteiger partial charge in [-0.25, -0.2) is 9.83 Å². The highest BCUT2D eigenvalue weighted by atomic mass is 35.5. The highest BCUT2D eigenvalue weighted by Crippen LogP contribution is 2.30. The van der Waals surface area contributed by atoms with E-state index in [4.69, 9.17) is 39.6 Å². The average Bonchev–Trinajstić information content (AvgIpc) is 3.05. The number of halogens is 2. The summed E-state index contributed by atoms with van der Waals surface area (Å²) in [5.41, 5.74) is 3.27. The molecule has 1 N–H and O–H groups in total. The summed E-state index contributed by atoms with van der Waals surface area (Å²) in [6.07, 6.45) is 3.72. The number of aliphatic carboxylic acids is 1. The number of nitrogens with zero attached hydrogens (tertiary/aromatic N) is 3. The summed E-state index contributed by atoms with van der Waals surface area (Å²) in [5, 5.41) is 10.8. The van der Waals surface area contributed by atoms with E-state index in [1.165, 1.54) is 6.20 Å². The number of ether oxygens (including phenoxy) is 1. The number of pyridine rings is 1. The van der Waals surface area contributed by atoms with E-state index in [1.807, 2.05) is 23.7 Å². The quantitative estimate of drug-likeness (QED) is 0.165. The molecule has 2 heterocycles. The molecule has 0 fully saturated rings. The van der Waals surface area contributed by atoms with Crippen LogP contribution >= 0.6 is 23.2 Å². The first kappa shape index (κ1) is 26.7. The van der Waals surface area contributed by atoms with Gasteiger partial charge in [-0.2, -0.15) is 0 Å². The smallest absolute Gasteiger partial charge is 0.303 e. The predicted molar refractivity (Wildman–Crippen MR) is 136 cm³/mol. The molecule has 1 atom stereocenters. The number of aromatic nitrogens is 2. The Morgan fingerprint density at radius 3 is 2.54 bits per heavy atom. The number of benzene rings is 1. The predicted octanol–water partition coefficient (Wildman–Crippen LogP) is 6.65. The van der Waals surface area contributed by atoms with Gasteiger partial charge in [-0.15, -0.1) is 0 Å². The van der Waals surface area contributed by atoms with E-state index >= 15 is 0 Å². The molecule has 0 amide bonds. The molecule has 0 unspecified atom stereocenters. The molecule has 0 aliphatic heterocycles. The van der Waals surface area contributed by atoms with Crippen LogP contribution in [0.4, 0.5) is 5.69 Å². The average molecular weight is 516 g/mol. The second-order valence-corrected chi connectivity index (χ2v) is 9.55. The number of carboxylic acids is 1. The van der Waals surface area contributed by atoms with Gasteiger partial charge in [0.05, 0.1) is 13.2 Å². The third-order valence-electron chi connectivity index (χ3n) is 5.74. The van der Waals surface area contributed by atoms with Crippen LogP contribution in [0.5, 0.6) is 0 Å². The molecule has 2 aromatic heterocycles. The Labute approximate surface area is 214 Å². The van der Waals surface area contributed by atoms with E-state index < -0.39 is 5.97 Å². The number of fused-ring (bicyclic) bond motifs is 1. The largest absolute Gasteiger partial charge is 0.481 e. The van der Waals surface area contributed by atoms with Crippen LogP contribution in [0.3, 0.4) is 0 Å². The molecule has 0 radical (unpaired) electrons. The van der Waals surface area contributed by atoms with Crippen molar-refractivity contribution in [1.82, 2.24) is 9.55 Å². The Balaban J connectivity index is 1.71. The van der Waals surface area contributed by atoms with Gasteiger partial charge in [0.15, 0.2) is 5.78 Å². The van der Waals surface area contributed by atoms with Crippen molar-refractivity contribution in [2.75, 3.05) is 6.61 Å². The van der Waals surface area contributed by atoms with Gasteiger partial charge in [-0.3, -0.25) is 9.59 Å². The highest BCUT2D eigenvalue weighted by Gasteiger charge is 2.24. The number of Topliss-reactive ketones (excluding diaryl/α,β-unsaturated/α-hetero) is 1. The maximum absolute atomic E-state index is 13.3. The Morgan fingerprint density at radius 1 is 1.17 bits per heavy atom. The van der Waals surface area contributed by atoms with Gasteiger partial charge in [0.25, 0.3) is 0 Å². The molecule has 0 bridgehead atoms. The van der Waals surface area contributed by atoms with Crippen LogP contribution in [-0.2, 0) is 29.6 Å². The van der Waals surface area contributed by atoms with Crippen LogP contribution in [0.25, 0.3) is 15.9 Å². The molecule has 0 saturated carbocycles. The molecule has 0 saturated heterocycles. The minimum absolute atomic E-state index is 0.0768. The fourth-order valence-corrected chi connectivity index (χ4v) is 4.75. The van der Waals surface area contributed by atoms with Crippen molar-refractivity contribution in [1.29, 1.82) is 0 Å². The molecule has 0 aliphatic rings. The number of hydrogen-bond acceptors (Lipinski definition) is 4. The maximum Gasteiger partial charge on any atom is 0.303 e. The van der Waals surface area contributed by atoms with E-state index in [-0.39, 0.29) is 24.5 Å². The Kier molecular flexibility index (Phi) is 9.27. The zero-order chi connectivity index (χ0) is 25.5. The SMILES string of the molecule is [C-]#[N+]c1cnc2c(c1)c(C(=O)C[C@H](C)CC(=O)O)c(CCCCOCc1cc(Cl)cc(Cl)c1)n2C. The fraction of sp³-hybridized carbons (Fsp3) is 0.385. The number of hydrogen-bond donors (Lipinski definition) is 1. The first-order valence-electron chi connectivity index (χ1n) is 11.3. The monoisotopic (exact) mass is 515 g/mol. The standard InChI is InChI=1S/C26H27Cl2N3O4/c1-16(9-24(33)34)8-23(32)25-21-13-20(29-2)14-30-26(21)31(3)22(25)6-4-5-7-35-15-17-10-18(27)12-19(28)11-17/h10-14,16H,4-9,15H2,1,3H3,(H,33,34)/t16-/m0/s1. The summed E-state index contributed by atoms with van der Waals surface area (Å²) in [6, 6.07) is 6.99. The van der Waals surface area contributed by atoms with Gasteiger partial charge >= 0.3 is 5.97 Å². The van der Waals surface area contributed by atoms with E-state index in [2.05, 4.69) is 9.83 Å². The lowest BCUT2D eigenvalue weighted by Crippen LogP contribution is -2.12.